The Morgan fingerprint density at radius 1 is 0.938 bits per heavy atom. The average Bonchev–Trinajstić information content (AvgIpc) is 2.34. The second kappa shape index (κ2) is 9.86. The second-order valence-corrected chi connectivity index (χ2v) is 5.18. The summed E-state index contributed by atoms with van der Waals surface area (Å²) in [6.07, 6.45) is 18.7. The average molecular weight is 223 g/mol. The highest BCUT2D eigenvalue weighted by molar-refractivity contribution is 5.57. The molecule has 0 aromatic carbocycles. The van der Waals surface area contributed by atoms with Crippen LogP contribution in [0.3, 0.4) is 0 Å². The van der Waals surface area contributed by atoms with Gasteiger partial charge in [-0.1, -0.05) is 58.3 Å². The number of hydrogen-bond donors (Lipinski definition) is 0. The van der Waals surface area contributed by atoms with E-state index in [1.165, 1.54) is 77.0 Å². The van der Waals surface area contributed by atoms with Gasteiger partial charge >= 0.3 is 0 Å². The van der Waals surface area contributed by atoms with Crippen LogP contribution in [-0.2, 0) is 0 Å². The molecule has 0 bridgehead atoms. The zero-order valence-corrected chi connectivity index (χ0v) is 11.1. The van der Waals surface area contributed by atoms with E-state index in [0.717, 1.165) is 0 Å². The van der Waals surface area contributed by atoms with Gasteiger partial charge in [-0.2, -0.15) is 0 Å². The number of rotatable bonds is 8. The van der Waals surface area contributed by atoms with E-state index in [-0.39, 0.29) is 0 Å². The van der Waals surface area contributed by atoms with E-state index in [1.54, 1.807) is 0 Å². The third-order valence-electron chi connectivity index (χ3n) is 3.58. The number of unbranched alkanes of at least 4 members (excludes halogenated alkanes) is 6. The van der Waals surface area contributed by atoms with Crippen molar-refractivity contribution in [1.82, 2.24) is 0 Å². The molecule has 0 radical (unpaired) electrons. The highest BCUT2D eigenvalue weighted by Crippen LogP contribution is 2.19. The van der Waals surface area contributed by atoms with Crippen LogP contribution in [-0.4, -0.2) is 12.3 Å². The Morgan fingerprint density at radius 2 is 1.62 bits per heavy atom. The van der Waals surface area contributed by atoms with Crippen molar-refractivity contribution in [2.24, 2.45) is 4.99 Å². The summed E-state index contributed by atoms with van der Waals surface area (Å²) in [6.45, 7) is 2.27. The van der Waals surface area contributed by atoms with Gasteiger partial charge in [0, 0.05) is 6.04 Å². The van der Waals surface area contributed by atoms with Gasteiger partial charge in [0.05, 0.1) is 0 Å². The minimum atomic E-state index is 0.675. The molecule has 1 fully saturated rings. The molecule has 0 unspecified atom stereocenters. The zero-order valence-electron chi connectivity index (χ0n) is 11.1. The summed E-state index contributed by atoms with van der Waals surface area (Å²) in [5.74, 6) is 0. The molecule has 16 heavy (non-hydrogen) atoms. The molecular formula is C15H29N. The molecule has 0 saturated heterocycles. The first-order valence-corrected chi connectivity index (χ1v) is 7.45. The predicted molar refractivity (Wildman–Crippen MR) is 73.4 cm³/mol. The summed E-state index contributed by atoms with van der Waals surface area (Å²) in [6, 6.07) is 0.675. The maximum Gasteiger partial charge on any atom is 0.0495 e. The smallest absolute Gasteiger partial charge is 0.0495 e. The fourth-order valence-electron chi connectivity index (χ4n) is 2.47. The Morgan fingerprint density at radius 3 is 2.38 bits per heavy atom. The summed E-state index contributed by atoms with van der Waals surface area (Å²) >= 11 is 0. The molecule has 0 aliphatic heterocycles. The lowest BCUT2D eigenvalue weighted by atomic mass is 9.96. The molecule has 0 heterocycles. The second-order valence-electron chi connectivity index (χ2n) is 5.18. The molecule has 0 aromatic rings. The number of hydrogen-bond acceptors (Lipinski definition) is 1. The number of aliphatic imine (C=N–C) groups is 1. The Labute approximate surface area is 102 Å². The van der Waals surface area contributed by atoms with Crippen LogP contribution in [0.2, 0.25) is 0 Å². The van der Waals surface area contributed by atoms with Gasteiger partial charge in [-0.05, 0) is 31.9 Å². The van der Waals surface area contributed by atoms with E-state index in [1.807, 2.05) is 0 Å². The fraction of sp³-hybridized carbons (Fsp3) is 0.933. The van der Waals surface area contributed by atoms with E-state index in [9.17, 15) is 0 Å². The first-order chi connectivity index (χ1) is 7.93. The topological polar surface area (TPSA) is 12.4 Å². The van der Waals surface area contributed by atoms with E-state index in [4.69, 9.17) is 4.99 Å². The van der Waals surface area contributed by atoms with Gasteiger partial charge < -0.3 is 0 Å². The van der Waals surface area contributed by atoms with Gasteiger partial charge in [0.1, 0.15) is 0 Å². The highest BCUT2D eigenvalue weighted by atomic mass is 14.8. The van der Waals surface area contributed by atoms with Crippen molar-refractivity contribution in [2.45, 2.75) is 90.0 Å². The Bertz CT molecular complexity index is 168. The highest BCUT2D eigenvalue weighted by Gasteiger charge is 2.10. The van der Waals surface area contributed by atoms with E-state index in [2.05, 4.69) is 13.1 Å². The summed E-state index contributed by atoms with van der Waals surface area (Å²) < 4.78 is 0. The molecule has 94 valence electrons. The van der Waals surface area contributed by atoms with Crippen molar-refractivity contribution >= 4 is 6.21 Å². The Hall–Kier alpha value is -0.330. The monoisotopic (exact) mass is 223 g/mol. The fourth-order valence-corrected chi connectivity index (χ4v) is 2.47. The molecule has 1 aliphatic rings. The van der Waals surface area contributed by atoms with Crippen LogP contribution in [0.5, 0.6) is 0 Å². The van der Waals surface area contributed by atoms with Crippen molar-refractivity contribution in [1.29, 1.82) is 0 Å². The van der Waals surface area contributed by atoms with Crippen molar-refractivity contribution in [2.75, 3.05) is 0 Å². The van der Waals surface area contributed by atoms with E-state index >= 15 is 0 Å². The molecule has 0 aromatic heterocycles. The van der Waals surface area contributed by atoms with E-state index < -0.39 is 0 Å². The number of nitrogens with zero attached hydrogens (tertiary/aromatic N) is 1. The Kier molecular flexibility index (Phi) is 8.47. The third kappa shape index (κ3) is 7.03. The normalized spacial score (nSPS) is 18.3. The molecule has 0 atom stereocenters. The lowest BCUT2D eigenvalue weighted by molar-refractivity contribution is 0.443. The minimum Gasteiger partial charge on any atom is -0.294 e. The van der Waals surface area contributed by atoms with Crippen LogP contribution in [0.25, 0.3) is 0 Å². The maximum absolute atomic E-state index is 4.69. The zero-order chi connectivity index (χ0) is 11.5. The van der Waals surface area contributed by atoms with Gasteiger partial charge in [0.2, 0.25) is 0 Å². The van der Waals surface area contributed by atoms with Gasteiger partial charge in [-0.3, -0.25) is 4.99 Å². The van der Waals surface area contributed by atoms with Crippen LogP contribution < -0.4 is 0 Å². The molecule has 1 rings (SSSR count). The SMILES string of the molecule is CCCCCCCCC=NC1CCCCC1. The van der Waals surface area contributed by atoms with Crippen molar-refractivity contribution in [3.8, 4) is 0 Å². The van der Waals surface area contributed by atoms with Crippen LogP contribution >= 0.6 is 0 Å². The molecule has 0 spiro atoms. The summed E-state index contributed by atoms with van der Waals surface area (Å²) in [4.78, 5) is 4.69. The van der Waals surface area contributed by atoms with Gasteiger partial charge in [-0.15, -0.1) is 0 Å². The summed E-state index contributed by atoms with van der Waals surface area (Å²) in [7, 11) is 0. The van der Waals surface area contributed by atoms with Gasteiger partial charge in [0.25, 0.3) is 0 Å². The lowest BCUT2D eigenvalue weighted by Gasteiger charge is -2.17. The van der Waals surface area contributed by atoms with Crippen molar-refractivity contribution in [3.63, 3.8) is 0 Å². The van der Waals surface area contributed by atoms with Gasteiger partial charge in [-0.25, -0.2) is 0 Å². The molecule has 0 amide bonds. The molecular weight excluding hydrogens is 194 g/mol. The lowest BCUT2D eigenvalue weighted by Crippen LogP contribution is -2.09. The maximum atomic E-state index is 4.69. The third-order valence-corrected chi connectivity index (χ3v) is 3.58. The Balaban J connectivity index is 1.87. The van der Waals surface area contributed by atoms with Crippen LogP contribution in [0.1, 0.15) is 84.0 Å². The molecule has 1 heteroatoms. The van der Waals surface area contributed by atoms with Crippen molar-refractivity contribution < 1.29 is 0 Å². The summed E-state index contributed by atoms with van der Waals surface area (Å²) in [5.41, 5.74) is 0. The molecule has 0 N–H and O–H groups in total. The predicted octanol–water partition coefficient (Wildman–Crippen LogP) is 5.14. The van der Waals surface area contributed by atoms with Gasteiger partial charge in [0.15, 0.2) is 0 Å². The van der Waals surface area contributed by atoms with E-state index in [0.29, 0.717) is 6.04 Å². The molecule has 1 nitrogen and oxygen atoms in total. The minimum absolute atomic E-state index is 0.675. The van der Waals surface area contributed by atoms with Crippen LogP contribution in [0.15, 0.2) is 4.99 Å². The van der Waals surface area contributed by atoms with Crippen LogP contribution in [0.4, 0.5) is 0 Å². The molecule has 1 saturated carbocycles. The standard InChI is InChI=1S/C15H29N/c1-2-3-4-5-6-7-11-14-16-15-12-9-8-10-13-15/h14-15H,2-13H2,1H3. The quantitative estimate of drug-likeness (QED) is 0.399. The largest absolute Gasteiger partial charge is 0.294 e. The first kappa shape index (κ1) is 13.7. The van der Waals surface area contributed by atoms with Crippen LogP contribution in [0, 0.1) is 0 Å². The first-order valence-electron chi connectivity index (χ1n) is 7.45. The molecule has 1 aliphatic carbocycles. The van der Waals surface area contributed by atoms with Crippen molar-refractivity contribution in [3.05, 3.63) is 0 Å². The summed E-state index contributed by atoms with van der Waals surface area (Å²) in [5, 5.41) is 0.